The Morgan fingerprint density at radius 3 is 1.58 bits per heavy atom. The zero-order valence-corrected chi connectivity index (χ0v) is 47.0. The normalized spacial score (nSPS) is 12.6. The number of fused-ring (bicyclic) bond motifs is 12. The van der Waals surface area contributed by atoms with E-state index in [1.165, 1.54) is 76.8 Å². The van der Waals surface area contributed by atoms with Crippen LogP contribution in [0.25, 0.3) is 133 Å². The molecule has 0 aliphatic heterocycles. The van der Waals surface area contributed by atoms with Crippen LogP contribution in [0.4, 0.5) is 17.1 Å². The molecule has 0 spiro atoms. The molecule has 1 aliphatic rings. The summed E-state index contributed by atoms with van der Waals surface area (Å²) >= 11 is 0. The van der Waals surface area contributed by atoms with Crippen molar-refractivity contribution in [3.8, 4) is 61.8 Å². The van der Waals surface area contributed by atoms with Gasteiger partial charge >= 0.3 is 0 Å². The van der Waals surface area contributed by atoms with Crippen molar-refractivity contribution < 1.29 is 0 Å². The highest BCUT2D eigenvalue weighted by Gasteiger charge is 2.39. The lowest BCUT2D eigenvalue weighted by Gasteiger charge is -2.29. The summed E-state index contributed by atoms with van der Waals surface area (Å²) in [5, 5.41) is 12.0. The maximum Gasteiger partial charge on any atom is 0.235 e. The monoisotopic (exact) mass is 1070 g/mol. The molecule has 2 aromatic heterocycles. The standard InChI is InChI=1S/C80H56N4/c1-5-61-50(2)62-35-19-20-38-66(62)76-67(61)41-42-68-69-47-70-65-40-39-60(46-74(65)84(75(70)48-71(69)80(3,4)77(68)76)79-81-72(52-25-11-7-12-26-52)49-73(82-79)53-27-13-8-14-28-53)83(78-63-36-17-15-29-57(63)44-58-30-16-18-37-64(58)78)59-34-22-33-56(45-59)55-32-21-31-54(43-55)51-23-9-6-10-24-51/h5-49H,1H2,2-4H3. The molecular weight excluding hydrogens is 1020 g/mol. The van der Waals surface area contributed by atoms with Crippen LogP contribution in [0.15, 0.2) is 273 Å². The van der Waals surface area contributed by atoms with E-state index >= 15 is 0 Å². The Morgan fingerprint density at radius 2 is 0.929 bits per heavy atom. The number of benzene rings is 13. The van der Waals surface area contributed by atoms with E-state index in [0.717, 1.165) is 83.3 Å². The highest BCUT2D eigenvalue weighted by atomic mass is 15.2. The van der Waals surface area contributed by atoms with E-state index in [0.29, 0.717) is 5.95 Å². The summed E-state index contributed by atoms with van der Waals surface area (Å²) in [7, 11) is 0. The van der Waals surface area contributed by atoms with Crippen molar-refractivity contribution in [1.82, 2.24) is 14.5 Å². The number of hydrogen-bond acceptors (Lipinski definition) is 3. The van der Waals surface area contributed by atoms with Crippen LogP contribution in [-0.2, 0) is 5.41 Å². The van der Waals surface area contributed by atoms with Gasteiger partial charge in [-0.1, -0.05) is 239 Å². The molecular formula is C80H56N4. The van der Waals surface area contributed by atoms with Gasteiger partial charge in [0.05, 0.1) is 28.1 Å². The van der Waals surface area contributed by atoms with E-state index in [2.05, 4.69) is 304 Å². The second-order valence-corrected chi connectivity index (χ2v) is 22.9. The first kappa shape index (κ1) is 49.2. The Hall–Kier alpha value is -10.7. The van der Waals surface area contributed by atoms with Gasteiger partial charge in [-0.3, -0.25) is 4.57 Å². The van der Waals surface area contributed by atoms with Gasteiger partial charge in [0.15, 0.2) is 0 Å². The Bertz CT molecular complexity index is 5080. The molecule has 1 aliphatic carbocycles. The minimum atomic E-state index is -0.388. The molecule has 2 heterocycles. The zero-order chi connectivity index (χ0) is 56.2. The molecule has 0 atom stereocenters. The third-order valence-electron chi connectivity index (χ3n) is 17.9. The Morgan fingerprint density at radius 1 is 0.405 bits per heavy atom. The lowest BCUT2D eigenvalue weighted by Crippen LogP contribution is -2.16. The topological polar surface area (TPSA) is 34.0 Å². The minimum Gasteiger partial charge on any atom is -0.309 e. The molecule has 84 heavy (non-hydrogen) atoms. The van der Waals surface area contributed by atoms with Crippen molar-refractivity contribution in [1.29, 1.82) is 0 Å². The van der Waals surface area contributed by atoms with E-state index < -0.39 is 0 Å². The van der Waals surface area contributed by atoms with Crippen LogP contribution in [0.2, 0.25) is 0 Å². The smallest absolute Gasteiger partial charge is 0.235 e. The fourth-order valence-electron chi connectivity index (χ4n) is 13.9. The minimum absolute atomic E-state index is 0.388. The molecule has 16 rings (SSSR count). The maximum absolute atomic E-state index is 5.62. The zero-order valence-electron chi connectivity index (χ0n) is 47.0. The maximum atomic E-state index is 5.62. The number of aromatic nitrogens is 3. The molecule has 0 fully saturated rings. The van der Waals surface area contributed by atoms with Crippen LogP contribution in [-0.4, -0.2) is 14.5 Å². The highest BCUT2D eigenvalue weighted by molar-refractivity contribution is 6.19. The van der Waals surface area contributed by atoms with Crippen LogP contribution >= 0.6 is 0 Å². The Balaban J connectivity index is 0.996. The average molecular weight is 1070 g/mol. The van der Waals surface area contributed by atoms with Gasteiger partial charge in [-0.25, -0.2) is 9.97 Å². The fourth-order valence-corrected chi connectivity index (χ4v) is 13.9. The summed E-state index contributed by atoms with van der Waals surface area (Å²) in [5.41, 5.74) is 20.8. The summed E-state index contributed by atoms with van der Waals surface area (Å²) in [6.07, 6.45) is 2.04. The number of rotatable bonds is 9. The third kappa shape index (κ3) is 7.68. The fraction of sp³-hybridized carbons (Fsp3) is 0.0500. The number of nitrogens with zero attached hydrogens (tertiary/aromatic N) is 4. The van der Waals surface area contributed by atoms with Crippen LogP contribution < -0.4 is 4.90 Å². The predicted molar refractivity (Wildman–Crippen MR) is 355 cm³/mol. The quantitative estimate of drug-likeness (QED) is 0.107. The molecule has 13 aromatic carbocycles. The van der Waals surface area contributed by atoms with Crippen LogP contribution in [0.5, 0.6) is 0 Å². The summed E-state index contributed by atoms with van der Waals surface area (Å²) in [5.74, 6) is 0.602. The first-order valence-electron chi connectivity index (χ1n) is 29.0. The molecule has 0 radical (unpaired) electrons. The second-order valence-electron chi connectivity index (χ2n) is 22.9. The van der Waals surface area contributed by atoms with Crippen LogP contribution in [0.3, 0.4) is 0 Å². The number of anilines is 3. The van der Waals surface area contributed by atoms with Crippen molar-refractivity contribution in [2.45, 2.75) is 26.2 Å². The third-order valence-corrected chi connectivity index (χ3v) is 17.9. The summed E-state index contributed by atoms with van der Waals surface area (Å²) in [6, 6.07) is 97.3. The lowest BCUT2D eigenvalue weighted by atomic mass is 9.78. The molecule has 0 N–H and O–H groups in total. The second kappa shape index (κ2) is 19.2. The lowest BCUT2D eigenvalue weighted by molar-refractivity contribution is 0.667. The Kier molecular flexibility index (Phi) is 11.3. The van der Waals surface area contributed by atoms with E-state index in [1.807, 2.05) is 6.08 Å². The predicted octanol–water partition coefficient (Wildman–Crippen LogP) is 21.6. The van der Waals surface area contributed by atoms with E-state index in [-0.39, 0.29) is 5.41 Å². The molecule has 4 nitrogen and oxygen atoms in total. The van der Waals surface area contributed by atoms with Gasteiger partial charge in [-0.15, -0.1) is 0 Å². The van der Waals surface area contributed by atoms with Gasteiger partial charge in [0, 0.05) is 49.5 Å². The van der Waals surface area contributed by atoms with Crippen molar-refractivity contribution in [3.05, 3.63) is 296 Å². The van der Waals surface area contributed by atoms with Crippen LogP contribution in [0, 0.1) is 6.92 Å². The molecule has 4 heteroatoms. The van der Waals surface area contributed by atoms with E-state index in [1.54, 1.807) is 0 Å². The first-order valence-corrected chi connectivity index (χ1v) is 29.0. The Labute approximate surface area is 488 Å². The van der Waals surface area contributed by atoms with Gasteiger partial charge < -0.3 is 4.90 Å². The molecule has 15 aromatic rings. The largest absolute Gasteiger partial charge is 0.309 e. The summed E-state index contributed by atoms with van der Waals surface area (Å²) in [6.45, 7) is 11.4. The highest BCUT2D eigenvalue weighted by Crippen LogP contribution is 2.56. The van der Waals surface area contributed by atoms with Gasteiger partial charge in [-0.2, -0.15) is 0 Å². The molecule has 0 saturated heterocycles. The molecule has 0 unspecified atom stereocenters. The van der Waals surface area contributed by atoms with Crippen molar-refractivity contribution >= 4 is 88.0 Å². The van der Waals surface area contributed by atoms with Gasteiger partial charge in [0.1, 0.15) is 0 Å². The van der Waals surface area contributed by atoms with Gasteiger partial charge in [0.25, 0.3) is 0 Å². The SMILES string of the molecule is C=Cc1c(C)c2ccccc2c2c3c(ccc12)-c1cc2c4ccc(N(c5cccc(-c6cccc(-c7ccccc7)c6)c5)c5c6ccccc6cc6ccccc56)cc4n(-c4nc(-c5ccccc5)cc(-c5ccccc5)n4)c2cc1C3(C)C. The summed E-state index contributed by atoms with van der Waals surface area (Å²) < 4.78 is 2.35. The van der Waals surface area contributed by atoms with E-state index in [9.17, 15) is 0 Å². The summed E-state index contributed by atoms with van der Waals surface area (Å²) in [4.78, 5) is 13.7. The molecule has 0 amide bonds. The van der Waals surface area contributed by atoms with Crippen LogP contribution in [0.1, 0.15) is 36.1 Å². The molecule has 396 valence electrons. The van der Waals surface area contributed by atoms with Gasteiger partial charge in [0.2, 0.25) is 5.95 Å². The molecule has 0 saturated carbocycles. The molecule has 0 bridgehead atoms. The van der Waals surface area contributed by atoms with Gasteiger partial charge in [-0.05, 0) is 149 Å². The first-order chi connectivity index (χ1) is 41.3. The van der Waals surface area contributed by atoms with Crippen molar-refractivity contribution in [3.63, 3.8) is 0 Å². The van der Waals surface area contributed by atoms with Crippen molar-refractivity contribution in [2.75, 3.05) is 4.90 Å². The number of aryl methyl sites for hydroxylation is 1. The van der Waals surface area contributed by atoms with E-state index in [4.69, 9.17) is 9.97 Å². The average Bonchev–Trinajstić information content (AvgIpc) is 1.73. The van der Waals surface area contributed by atoms with Crippen molar-refractivity contribution in [2.24, 2.45) is 0 Å². The number of hydrogen-bond donors (Lipinski definition) is 0.